The highest BCUT2D eigenvalue weighted by Crippen LogP contribution is 2.14. The molecule has 1 aliphatic rings. The van der Waals surface area contributed by atoms with Crippen molar-refractivity contribution in [2.24, 2.45) is 10.9 Å². The van der Waals surface area contributed by atoms with Crippen molar-refractivity contribution in [2.45, 2.75) is 26.8 Å². The lowest BCUT2D eigenvalue weighted by Gasteiger charge is -2.16. The van der Waals surface area contributed by atoms with E-state index in [1.165, 1.54) is 30.6 Å². The van der Waals surface area contributed by atoms with E-state index in [-0.39, 0.29) is 24.0 Å². The van der Waals surface area contributed by atoms with Crippen LogP contribution in [-0.4, -0.2) is 44.1 Å². The maximum absolute atomic E-state index is 4.31. The van der Waals surface area contributed by atoms with E-state index in [1.807, 2.05) is 7.05 Å². The van der Waals surface area contributed by atoms with E-state index in [0.717, 1.165) is 31.5 Å². The van der Waals surface area contributed by atoms with Crippen LogP contribution >= 0.6 is 24.0 Å². The molecule has 0 radical (unpaired) electrons. The third-order valence-corrected chi connectivity index (χ3v) is 4.31. The Morgan fingerprint density at radius 1 is 1.32 bits per heavy atom. The smallest absolute Gasteiger partial charge is 0.191 e. The van der Waals surface area contributed by atoms with Crippen molar-refractivity contribution in [3.05, 3.63) is 35.4 Å². The molecule has 0 aliphatic carbocycles. The van der Waals surface area contributed by atoms with Crippen molar-refractivity contribution in [3.63, 3.8) is 0 Å². The highest BCUT2D eigenvalue weighted by molar-refractivity contribution is 14.0. The number of rotatable bonds is 5. The molecular formula is C17H29IN4. The Morgan fingerprint density at radius 2 is 2.09 bits per heavy atom. The number of likely N-dealkylation sites (tertiary alicyclic amines) is 1. The van der Waals surface area contributed by atoms with Crippen molar-refractivity contribution in [3.8, 4) is 0 Å². The number of aliphatic imine (C=N–C) groups is 1. The van der Waals surface area contributed by atoms with Gasteiger partial charge in [-0.15, -0.1) is 24.0 Å². The van der Waals surface area contributed by atoms with Crippen LogP contribution in [0.15, 0.2) is 29.3 Å². The SMILES string of the molecule is CCN1CCC(CNC(=NC)NCc2ccccc2C)C1.I. The number of nitrogens with zero attached hydrogens (tertiary/aromatic N) is 2. The van der Waals surface area contributed by atoms with Crippen molar-refractivity contribution >= 4 is 29.9 Å². The van der Waals surface area contributed by atoms with Crippen LogP contribution in [0.4, 0.5) is 0 Å². The molecule has 2 rings (SSSR count). The number of nitrogens with one attached hydrogen (secondary N) is 2. The van der Waals surface area contributed by atoms with Crippen LogP contribution < -0.4 is 10.6 Å². The maximum Gasteiger partial charge on any atom is 0.191 e. The second-order valence-electron chi connectivity index (χ2n) is 5.78. The van der Waals surface area contributed by atoms with Crippen LogP contribution in [0.5, 0.6) is 0 Å². The highest BCUT2D eigenvalue weighted by Gasteiger charge is 2.20. The van der Waals surface area contributed by atoms with Gasteiger partial charge in [0, 0.05) is 26.7 Å². The van der Waals surface area contributed by atoms with Crippen molar-refractivity contribution < 1.29 is 0 Å². The predicted octanol–water partition coefficient (Wildman–Crippen LogP) is 2.62. The van der Waals surface area contributed by atoms with E-state index in [0.29, 0.717) is 0 Å². The lowest BCUT2D eigenvalue weighted by molar-refractivity contribution is 0.342. The molecule has 1 heterocycles. The summed E-state index contributed by atoms with van der Waals surface area (Å²) < 4.78 is 0. The fourth-order valence-electron chi connectivity index (χ4n) is 2.82. The zero-order chi connectivity index (χ0) is 15.1. The summed E-state index contributed by atoms with van der Waals surface area (Å²) in [5, 5.41) is 6.86. The van der Waals surface area contributed by atoms with Gasteiger partial charge in [0.25, 0.3) is 0 Å². The Morgan fingerprint density at radius 3 is 2.73 bits per heavy atom. The number of halogens is 1. The fraction of sp³-hybridized carbons (Fsp3) is 0.588. The first kappa shape index (κ1) is 19.2. The van der Waals surface area contributed by atoms with Gasteiger partial charge in [0.1, 0.15) is 0 Å². The van der Waals surface area contributed by atoms with Crippen LogP contribution in [0.2, 0.25) is 0 Å². The van der Waals surface area contributed by atoms with E-state index in [4.69, 9.17) is 0 Å². The molecule has 0 bridgehead atoms. The molecule has 0 amide bonds. The Hall–Kier alpha value is -0.820. The summed E-state index contributed by atoms with van der Waals surface area (Å²) in [6, 6.07) is 8.46. The summed E-state index contributed by atoms with van der Waals surface area (Å²) in [5.74, 6) is 1.63. The Balaban J connectivity index is 0.00000242. The molecule has 0 saturated carbocycles. The molecule has 22 heavy (non-hydrogen) atoms. The summed E-state index contributed by atoms with van der Waals surface area (Å²) in [4.78, 5) is 6.82. The molecule has 124 valence electrons. The largest absolute Gasteiger partial charge is 0.356 e. The third-order valence-electron chi connectivity index (χ3n) is 4.31. The standard InChI is InChI=1S/C17H28N4.HI/c1-4-21-10-9-15(13-21)11-19-17(18-3)20-12-16-8-6-5-7-14(16)2;/h5-8,15H,4,9-13H2,1-3H3,(H2,18,19,20);1H. The molecule has 1 aliphatic heterocycles. The molecule has 5 heteroatoms. The van der Waals surface area contributed by atoms with E-state index in [2.05, 4.69) is 58.6 Å². The van der Waals surface area contributed by atoms with Crippen LogP contribution in [-0.2, 0) is 6.54 Å². The Bertz CT molecular complexity index is 475. The van der Waals surface area contributed by atoms with Gasteiger partial charge in [0.2, 0.25) is 0 Å². The molecule has 1 saturated heterocycles. The van der Waals surface area contributed by atoms with Crippen LogP contribution in [0.1, 0.15) is 24.5 Å². The van der Waals surface area contributed by atoms with E-state index in [1.54, 1.807) is 0 Å². The molecule has 1 aromatic rings. The number of aryl methyl sites for hydroxylation is 1. The van der Waals surface area contributed by atoms with Gasteiger partial charge in [-0.1, -0.05) is 31.2 Å². The van der Waals surface area contributed by atoms with E-state index in [9.17, 15) is 0 Å². The van der Waals surface area contributed by atoms with Gasteiger partial charge in [-0.25, -0.2) is 0 Å². The summed E-state index contributed by atoms with van der Waals surface area (Å²) in [6.07, 6.45) is 1.29. The topological polar surface area (TPSA) is 39.7 Å². The summed E-state index contributed by atoms with van der Waals surface area (Å²) in [5.41, 5.74) is 2.63. The lowest BCUT2D eigenvalue weighted by Crippen LogP contribution is -2.40. The molecule has 0 spiro atoms. The van der Waals surface area contributed by atoms with Crippen molar-refractivity contribution in [1.29, 1.82) is 0 Å². The minimum Gasteiger partial charge on any atom is -0.356 e. The number of hydrogen-bond acceptors (Lipinski definition) is 2. The second kappa shape index (κ2) is 10.0. The first-order valence-corrected chi connectivity index (χ1v) is 7.94. The average Bonchev–Trinajstić information content (AvgIpc) is 2.97. The van der Waals surface area contributed by atoms with Gasteiger partial charge in [0.05, 0.1) is 0 Å². The van der Waals surface area contributed by atoms with E-state index < -0.39 is 0 Å². The molecule has 2 N–H and O–H groups in total. The van der Waals surface area contributed by atoms with Gasteiger partial charge >= 0.3 is 0 Å². The molecule has 1 unspecified atom stereocenters. The predicted molar refractivity (Wildman–Crippen MR) is 105 cm³/mol. The zero-order valence-electron chi connectivity index (χ0n) is 13.9. The van der Waals surface area contributed by atoms with Crippen molar-refractivity contribution in [1.82, 2.24) is 15.5 Å². The van der Waals surface area contributed by atoms with E-state index >= 15 is 0 Å². The summed E-state index contributed by atoms with van der Waals surface area (Å²) >= 11 is 0. The molecule has 0 aromatic heterocycles. The first-order valence-electron chi connectivity index (χ1n) is 7.94. The highest BCUT2D eigenvalue weighted by atomic mass is 127. The molecule has 1 aromatic carbocycles. The maximum atomic E-state index is 4.31. The van der Waals surface area contributed by atoms with Crippen LogP contribution in [0.25, 0.3) is 0 Å². The molecule has 4 nitrogen and oxygen atoms in total. The monoisotopic (exact) mass is 416 g/mol. The zero-order valence-corrected chi connectivity index (χ0v) is 16.3. The van der Waals surface area contributed by atoms with Gasteiger partial charge in [-0.05, 0) is 43.5 Å². The number of guanidine groups is 1. The van der Waals surface area contributed by atoms with Crippen molar-refractivity contribution in [2.75, 3.05) is 33.2 Å². The normalized spacial score (nSPS) is 18.9. The number of hydrogen-bond donors (Lipinski definition) is 2. The molecule has 1 atom stereocenters. The van der Waals surface area contributed by atoms with Gasteiger partial charge in [0.15, 0.2) is 5.96 Å². The van der Waals surface area contributed by atoms with Gasteiger partial charge < -0.3 is 15.5 Å². The number of benzene rings is 1. The summed E-state index contributed by atoms with van der Waals surface area (Å²) in [6.45, 7) is 9.80. The van der Waals surface area contributed by atoms with Crippen LogP contribution in [0, 0.1) is 12.8 Å². The first-order chi connectivity index (χ1) is 10.2. The fourth-order valence-corrected chi connectivity index (χ4v) is 2.82. The molecular weight excluding hydrogens is 387 g/mol. The summed E-state index contributed by atoms with van der Waals surface area (Å²) in [7, 11) is 1.83. The van der Waals surface area contributed by atoms with Crippen LogP contribution in [0.3, 0.4) is 0 Å². The van der Waals surface area contributed by atoms with Gasteiger partial charge in [-0.2, -0.15) is 0 Å². The quantitative estimate of drug-likeness (QED) is 0.441. The average molecular weight is 416 g/mol. The lowest BCUT2D eigenvalue weighted by atomic mass is 10.1. The third kappa shape index (κ3) is 5.76. The second-order valence-corrected chi connectivity index (χ2v) is 5.78. The minimum absolute atomic E-state index is 0. The Kier molecular flexibility index (Phi) is 8.78. The van der Waals surface area contributed by atoms with Gasteiger partial charge in [-0.3, -0.25) is 4.99 Å². The minimum atomic E-state index is 0. The molecule has 1 fully saturated rings. The Labute approximate surface area is 151 Å².